The SMILES string of the molecule is C[C@@H](NC(=O)[C@@H]1CSCN1C(=O)c1ccccc1)c1ccccc1. The Morgan fingerprint density at radius 2 is 1.71 bits per heavy atom. The number of hydrogen-bond donors (Lipinski definition) is 1. The van der Waals surface area contributed by atoms with Crippen molar-refractivity contribution < 1.29 is 9.59 Å². The number of amides is 2. The molecule has 1 saturated heterocycles. The van der Waals surface area contributed by atoms with Gasteiger partial charge in [0.15, 0.2) is 0 Å². The molecule has 1 aliphatic heterocycles. The largest absolute Gasteiger partial charge is 0.348 e. The first-order chi connectivity index (χ1) is 11.7. The highest BCUT2D eigenvalue weighted by atomic mass is 32.2. The van der Waals surface area contributed by atoms with Crippen LogP contribution in [-0.4, -0.2) is 34.4 Å². The van der Waals surface area contributed by atoms with E-state index in [1.807, 2.05) is 55.5 Å². The Kier molecular flexibility index (Phi) is 5.20. The first-order valence-corrected chi connectivity index (χ1v) is 9.11. The molecule has 1 aliphatic rings. The highest BCUT2D eigenvalue weighted by Gasteiger charge is 2.35. The third kappa shape index (κ3) is 3.62. The van der Waals surface area contributed by atoms with Gasteiger partial charge in [0.05, 0.1) is 11.9 Å². The maximum Gasteiger partial charge on any atom is 0.255 e. The first-order valence-electron chi connectivity index (χ1n) is 7.96. The molecule has 124 valence electrons. The molecule has 5 heteroatoms. The molecule has 24 heavy (non-hydrogen) atoms. The molecule has 2 aromatic rings. The molecule has 4 nitrogen and oxygen atoms in total. The number of carbonyl (C=O) groups is 2. The van der Waals surface area contributed by atoms with Crippen LogP contribution in [0.4, 0.5) is 0 Å². The number of carbonyl (C=O) groups excluding carboxylic acids is 2. The van der Waals surface area contributed by atoms with E-state index in [4.69, 9.17) is 0 Å². The molecular weight excluding hydrogens is 320 g/mol. The number of hydrogen-bond acceptors (Lipinski definition) is 3. The summed E-state index contributed by atoms with van der Waals surface area (Å²) in [7, 11) is 0. The van der Waals surface area contributed by atoms with Crippen molar-refractivity contribution >= 4 is 23.6 Å². The average Bonchev–Trinajstić information content (AvgIpc) is 3.12. The molecule has 0 unspecified atom stereocenters. The van der Waals surface area contributed by atoms with E-state index in [1.165, 1.54) is 0 Å². The van der Waals surface area contributed by atoms with Crippen LogP contribution in [0.1, 0.15) is 28.9 Å². The quantitative estimate of drug-likeness (QED) is 0.930. The lowest BCUT2D eigenvalue weighted by molar-refractivity contribution is -0.125. The first kappa shape index (κ1) is 16.6. The Bertz CT molecular complexity index is 706. The van der Waals surface area contributed by atoms with Gasteiger partial charge in [0.1, 0.15) is 6.04 Å². The van der Waals surface area contributed by atoms with Gasteiger partial charge >= 0.3 is 0 Å². The summed E-state index contributed by atoms with van der Waals surface area (Å²) in [6.07, 6.45) is 0. The summed E-state index contributed by atoms with van der Waals surface area (Å²) >= 11 is 1.61. The summed E-state index contributed by atoms with van der Waals surface area (Å²) < 4.78 is 0. The normalized spacial score (nSPS) is 18.2. The number of benzene rings is 2. The van der Waals surface area contributed by atoms with Gasteiger partial charge in [-0.05, 0) is 24.6 Å². The predicted molar refractivity (Wildman–Crippen MR) is 96.7 cm³/mol. The second kappa shape index (κ2) is 7.53. The fourth-order valence-corrected chi connectivity index (χ4v) is 3.90. The zero-order valence-corrected chi connectivity index (χ0v) is 14.3. The van der Waals surface area contributed by atoms with Crippen LogP contribution in [0.2, 0.25) is 0 Å². The molecule has 0 spiro atoms. The standard InChI is InChI=1S/C19H20N2O2S/c1-14(15-8-4-2-5-9-15)20-18(22)17-12-24-13-21(17)19(23)16-10-6-3-7-11-16/h2-11,14,17H,12-13H2,1H3,(H,20,22)/t14-,17+/m1/s1. The fraction of sp³-hybridized carbons (Fsp3) is 0.263. The molecule has 2 aromatic carbocycles. The van der Waals surface area contributed by atoms with Crippen molar-refractivity contribution in [2.75, 3.05) is 11.6 Å². The topological polar surface area (TPSA) is 49.4 Å². The maximum atomic E-state index is 12.7. The van der Waals surface area contributed by atoms with Gasteiger partial charge in [-0.1, -0.05) is 48.5 Å². The summed E-state index contributed by atoms with van der Waals surface area (Å²) in [5, 5.41) is 3.03. The van der Waals surface area contributed by atoms with Crippen molar-refractivity contribution in [3.05, 3.63) is 71.8 Å². The van der Waals surface area contributed by atoms with Crippen LogP contribution in [0.3, 0.4) is 0 Å². The van der Waals surface area contributed by atoms with E-state index in [2.05, 4.69) is 5.32 Å². The second-order valence-electron chi connectivity index (χ2n) is 5.80. The van der Waals surface area contributed by atoms with Crippen LogP contribution < -0.4 is 5.32 Å². The molecular formula is C19H20N2O2S. The van der Waals surface area contributed by atoms with Gasteiger partial charge < -0.3 is 10.2 Å². The number of nitrogens with zero attached hydrogens (tertiary/aromatic N) is 1. The molecule has 0 aliphatic carbocycles. The maximum absolute atomic E-state index is 12.7. The lowest BCUT2D eigenvalue weighted by atomic mass is 10.1. The van der Waals surface area contributed by atoms with Crippen molar-refractivity contribution in [3.63, 3.8) is 0 Å². The predicted octanol–water partition coefficient (Wildman–Crippen LogP) is 3.08. The molecule has 0 bridgehead atoms. The summed E-state index contributed by atoms with van der Waals surface area (Å²) in [6, 6.07) is 18.4. The van der Waals surface area contributed by atoms with Crippen molar-refractivity contribution in [2.24, 2.45) is 0 Å². The van der Waals surface area contributed by atoms with Crippen molar-refractivity contribution in [2.45, 2.75) is 19.0 Å². The lowest BCUT2D eigenvalue weighted by Crippen LogP contribution is -2.47. The van der Waals surface area contributed by atoms with Gasteiger partial charge in [0.2, 0.25) is 5.91 Å². The van der Waals surface area contributed by atoms with Crippen LogP contribution in [0.5, 0.6) is 0 Å². The van der Waals surface area contributed by atoms with Crippen LogP contribution in [0.25, 0.3) is 0 Å². The molecule has 1 heterocycles. The van der Waals surface area contributed by atoms with Gasteiger partial charge in [-0.25, -0.2) is 0 Å². The lowest BCUT2D eigenvalue weighted by Gasteiger charge is -2.25. The Morgan fingerprint density at radius 1 is 1.08 bits per heavy atom. The highest BCUT2D eigenvalue weighted by molar-refractivity contribution is 7.99. The number of rotatable bonds is 4. The molecule has 1 N–H and O–H groups in total. The summed E-state index contributed by atoms with van der Waals surface area (Å²) in [5.74, 6) is 0.992. The van der Waals surface area contributed by atoms with Crippen molar-refractivity contribution in [1.82, 2.24) is 10.2 Å². The smallest absolute Gasteiger partial charge is 0.255 e. The second-order valence-corrected chi connectivity index (χ2v) is 6.80. The van der Waals surface area contributed by atoms with E-state index in [9.17, 15) is 9.59 Å². The highest BCUT2D eigenvalue weighted by Crippen LogP contribution is 2.24. The Balaban J connectivity index is 1.69. The average molecular weight is 340 g/mol. The third-order valence-electron chi connectivity index (χ3n) is 4.12. The summed E-state index contributed by atoms with van der Waals surface area (Å²) in [5.41, 5.74) is 1.67. The summed E-state index contributed by atoms with van der Waals surface area (Å²) in [4.78, 5) is 27.0. The minimum atomic E-state index is -0.422. The fourth-order valence-electron chi connectivity index (χ4n) is 2.74. The number of nitrogens with one attached hydrogen (secondary N) is 1. The molecule has 2 amide bonds. The van der Waals surface area contributed by atoms with E-state index >= 15 is 0 Å². The monoisotopic (exact) mass is 340 g/mol. The number of thioether (sulfide) groups is 1. The molecule has 0 aromatic heterocycles. The van der Waals surface area contributed by atoms with Gasteiger partial charge in [0.25, 0.3) is 5.91 Å². The van der Waals surface area contributed by atoms with Crippen LogP contribution >= 0.6 is 11.8 Å². The minimum absolute atomic E-state index is 0.0852. The molecule has 0 radical (unpaired) electrons. The van der Waals surface area contributed by atoms with E-state index in [0.29, 0.717) is 17.2 Å². The van der Waals surface area contributed by atoms with Gasteiger partial charge in [-0.15, -0.1) is 11.8 Å². The van der Waals surface area contributed by atoms with E-state index in [0.717, 1.165) is 5.56 Å². The van der Waals surface area contributed by atoms with Crippen LogP contribution in [0.15, 0.2) is 60.7 Å². The van der Waals surface area contributed by atoms with Crippen LogP contribution in [0, 0.1) is 0 Å². The molecule has 0 saturated carbocycles. The molecule has 3 rings (SSSR count). The Morgan fingerprint density at radius 3 is 2.38 bits per heavy atom. The molecule has 2 atom stereocenters. The van der Waals surface area contributed by atoms with Crippen molar-refractivity contribution in [3.8, 4) is 0 Å². The zero-order valence-electron chi connectivity index (χ0n) is 13.5. The van der Waals surface area contributed by atoms with E-state index < -0.39 is 6.04 Å². The van der Waals surface area contributed by atoms with E-state index in [1.54, 1.807) is 28.8 Å². The van der Waals surface area contributed by atoms with Gasteiger partial charge in [-0.3, -0.25) is 9.59 Å². The molecule has 1 fully saturated rings. The van der Waals surface area contributed by atoms with E-state index in [-0.39, 0.29) is 17.9 Å². The van der Waals surface area contributed by atoms with Gasteiger partial charge in [-0.2, -0.15) is 0 Å². The van der Waals surface area contributed by atoms with Crippen LogP contribution in [-0.2, 0) is 4.79 Å². The van der Waals surface area contributed by atoms with Gasteiger partial charge in [0, 0.05) is 11.3 Å². The zero-order chi connectivity index (χ0) is 16.9. The third-order valence-corrected chi connectivity index (χ3v) is 5.14. The van der Waals surface area contributed by atoms with Crippen molar-refractivity contribution in [1.29, 1.82) is 0 Å². The Labute approximate surface area is 146 Å². The summed E-state index contributed by atoms with van der Waals surface area (Å²) in [6.45, 7) is 1.96. The minimum Gasteiger partial charge on any atom is -0.348 e. The Hall–Kier alpha value is -2.27.